The molecule has 1 unspecified atom stereocenters. The van der Waals surface area contributed by atoms with Gasteiger partial charge >= 0.3 is 0 Å². The molecule has 1 atom stereocenters. The molecule has 0 aliphatic heterocycles. The van der Waals surface area contributed by atoms with E-state index in [1.807, 2.05) is 13.8 Å². The van der Waals surface area contributed by atoms with Gasteiger partial charge in [-0.1, -0.05) is 13.8 Å². The number of amides is 1. The van der Waals surface area contributed by atoms with Crippen LogP contribution in [0.1, 0.15) is 50.7 Å². The minimum Gasteiger partial charge on any atom is -0.350 e. The molecule has 1 amide bonds. The van der Waals surface area contributed by atoms with Crippen molar-refractivity contribution in [2.75, 3.05) is 6.54 Å². The van der Waals surface area contributed by atoms with Crippen LogP contribution in [0.25, 0.3) is 0 Å². The number of hydrogen-bond acceptors (Lipinski definition) is 4. The first-order chi connectivity index (χ1) is 9.34. The fraction of sp³-hybridized carbons (Fsp3) is 0.733. The van der Waals surface area contributed by atoms with Gasteiger partial charge in [-0.15, -0.1) is 36.2 Å². The van der Waals surface area contributed by atoms with E-state index in [1.165, 1.54) is 0 Å². The summed E-state index contributed by atoms with van der Waals surface area (Å²) < 4.78 is 0. The number of hydrogen-bond donors (Lipinski definition) is 2. The molecule has 130 valence electrons. The van der Waals surface area contributed by atoms with Crippen LogP contribution in [0.3, 0.4) is 0 Å². The molecule has 3 N–H and O–H groups in total. The van der Waals surface area contributed by atoms with Crippen molar-refractivity contribution in [3.05, 3.63) is 16.1 Å². The van der Waals surface area contributed by atoms with Crippen molar-refractivity contribution < 1.29 is 4.79 Å². The fourth-order valence-corrected chi connectivity index (χ4v) is 3.09. The van der Waals surface area contributed by atoms with E-state index in [0.29, 0.717) is 18.9 Å². The summed E-state index contributed by atoms with van der Waals surface area (Å²) in [4.78, 5) is 16.4. The van der Waals surface area contributed by atoms with Gasteiger partial charge in [0.05, 0.1) is 10.7 Å². The number of carbonyl (C=O) groups excluding carboxylic acids is 1. The molecule has 0 aromatic carbocycles. The van der Waals surface area contributed by atoms with E-state index in [4.69, 9.17) is 5.73 Å². The van der Waals surface area contributed by atoms with Crippen LogP contribution in [0.2, 0.25) is 0 Å². The monoisotopic (exact) mass is 369 g/mol. The first-order valence-electron chi connectivity index (χ1n) is 7.27. The Morgan fingerprint density at radius 2 is 2.09 bits per heavy atom. The van der Waals surface area contributed by atoms with Crippen molar-refractivity contribution in [3.8, 4) is 0 Å². The molecule has 1 aromatic rings. The number of nitrogens with one attached hydrogen (secondary N) is 1. The van der Waals surface area contributed by atoms with Gasteiger partial charge < -0.3 is 11.1 Å². The lowest BCUT2D eigenvalue weighted by Crippen LogP contribution is -2.52. The van der Waals surface area contributed by atoms with E-state index >= 15 is 0 Å². The quantitative estimate of drug-likeness (QED) is 0.736. The lowest BCUT2D eigenvalue weighted by Gasteiger charge is -2.31. The van der Waals surface area contributed by atoms with Crippen LogP contribution in [0.5, 0.6) is 0 Å². The zero-order chi connectivity index (χ0) is 15.2. The molecule has 0 spiro atoms. The minimum absolute atomic E-state index is 0. The summed E-state index contributed by atoms with van der Waals surface area (Å²) in [5.74, 6) is 0.604. The second-order valence-electron chi connectivity index (χ2n) is 6.12. The van der Waals surface area contributed by atoms with E-state index < -0.39 is 0 Å². The second kappa shape index (κ2) is 11.2. The molecule has 0 saturated carbocycles. The average molecular weight is 370 g/mol. The van der Waals surface area contributed by atoms with Gasteiger partial charge in [-0.05, 0) is 39.0 Å². The minimum atomic E-state index is -0.289. The number of halogens is 2. The largest absolute Gasteiger partial charge is 0.350 e. The Balaban J connectivity index is 0. The predicted molar refractivity (Wildman–Crippen MR) is 99.3 cm³/mol. The maximum atomic E-state index is 12.0. The van der Waals surface area contributed by atoms with Crippen LogP contribution < -0.4 is 11.1 Å². The van der Waals surface area contributed by atoms with Crippen molar-refractivity contribution in [1.82, 2.24) is 10.3 Å². The average Bonchev–Trinajstić information content (AvgIpc) is 2.74. The van der Waals surface area contributed by atoms with Crippen molar-refractivity contribution in [2.24, 2.45) is 11.7 Å². The third-order valence-electron chi connectivity index (χ3n) is 3.25. The van der Waals surface area contributed by atoms with Gasteiger partial charge in [0.1, 0.15) is 0 Å². The zero-order valence-corrected chi connectivity index (χ0v) is 16.3. The Morgan fingerprint density at radius 3 is 2.55 bits per heavy atom. The molecule has 0 aliphatic carbocycles. The van der Waals surface area contributed by atoms with Crippen LogP contribution in [0.15, 0.2) is 5.38 Å². The predicted octanol–water partition coefficient (Wildman–Crippen LogP) is 3.50. The topological polar surface area (TPSA) is 68.0 Å². The maximum absolute atomic E-state index is 12.0. The highest BCUT2D eigenvalue weighted by molar-refractivity contribution is 7.09. The number of nitrogens with two attached hydrogens (primary N) is 1. The van der Waals surface area contributed by atoms with Crippen molar-refractivity contribution >= 4 is 42.1 Å². The Labute approximate surface area is 150 Å². The van der Waals surface area contributed by atoms with Crippen molar-refractivity contribution in [3.63, 3.8) is 0 Å². The van der Waals surface area contributed by atoms with Crippen LogP contribution in [0, 0.1) is 12.8 Å². The van der Waals surface area contributed by atoms with E-state index in [9.17, 15) is 4.79 Å². The summed E-state index contributed by atoms with van der Waals surface area (Å²) >= 11 is 1.66. The third kappa shape index (κ3) is 8.93. The zero-order valence-electron chi connectivity index (χ0n) is 13.8. The van der Waals surface area contributed by atoms with Gasteiger partial charge in [-0.2, -0.15) is 0 Å². The Bertz CT molecular complexity index is 440. The number of thiazole rings is 1. The number of nitrogens with zero attached hydrogens (tertiary/aromatic N) is 1. The van der Waals surface area contributed by atoms with Gasteiger partial charge in [0.15, 0.2) is 0 Å². The lowest BCUT2D eigenvalue weighted by atomic mass is 9.90. The number of aryl methyl sites for hydroxylation is 2. The second-order valence-corrected chi connectivity index (χ2v) is 7.18. The van der Waals surface area contributed by atoms with Crippen LogP contribution in [-0.2, 0) is 11.2 Å². The standard InChI is InChI=1S/C15H27N3OS.2ClH/c1-11(2)8-15(4,10-16)18-14(19)7-5-6-13-9-20-12(3)17-13;;/h9,11H,5-8,10,16H2,1-4H3,(H,18,19);2*1H. The maximum Gasteiger partial charge on any atom is 0.220 e. The van der Waals surface area contributed by atoms with Crippen molar-refractivity contribution in [2.45, 2.75) is 58.9 Å². The molecular weight excluding hydrogens is 341 g/mol. The molecule has 4 nitrogen and oxygen atoms in total. The molecule has 0 saturated heterocycles. The van der Waals surface area contributed by atoms with Crippen LogP contribution in [-0.4, -0.2) is 23.0 Å². The highest BCUT2D eigenvalue weighted by atomic mass is 35.5. The smallest absolute Gasteiger partial charge is 0.220 e. The molecule has 0 bridgehead atoms. The van der Waals surface area contributed by atoms with Gasteiger partial charge in [0.25, 0.3) is 0 Å². The van der Waals surface area contributed by atoms with Gasteiger partial charge in [-0.25, -0.2) is 4.98 Å². The summed E-state index contributed by atoms with van der Waals surface area (Å²) in [7, 11) is 0. The fourth-order valence-electron chi connectivity index (χ4n) is 2.44. The summed E-state index contributed by atoms with van der Waals surface area (Å²) in [6, 6.07) is 0. The lowest BCUT2D eigenvalue weighted by molar-refractivity contribution is -0.123. The van der Waals surface area contributed by atoms with E-state index in [-0.39, 0.29) is 36.3 Å². The Hall–Kier alpha value is -0.360. The summed E-state index contributed by atoms with van der Waals surface area (Å²) in [5, 5.41) is 6.23. The van der Waals surface area contributed by atoms with Gasteiger partial charge in [0, 0.05) is 23.9 Å². The number of carbonyl (C=O) groups is 1. The third-order valence-corrected chi connectivity index (χ3v) is 4.08. The molecule has 1 aromatic heterocycles. The number of rotatable bonds is 8. The van der Waals surface area contributed by atoms with Crippen LogP contribution in [0.4, 0.5) is 0 Å². The molecule has 1 heterocycles. The van der Waals surface area contributed by atoms with Gasteiger partial charge in [0.2, 0.25) is 5.91 Å². The molecule has 7 heteroatoms. The van der Waals surface area contributed by atoms with Gasteiger partial charge in [-0.3, -0.25) is 4.79 Å². The van der Waals surface area contributed by atoms with Crippen molar-refractivity contribution in [1.29, 1.82) is 0 Å². The highest BCUT2D eigenvalue weighted by Gasteiger charge is 2.25. The molecule has 0 radical (unpaired) electrons. The SMILES string of the molecule is Cc1nc(CCCC(=O)NC(C)(CN)CC(C)C)cs1.Cl.Cl. The van der Waals surface area contributed by atoms with E-state index in [1.54, 1.807) is 11.3 Å². The molecule has 0 fully saturated rings. The molecule has 1 rings (SSSR count). The highest BCUT2D eigenvalue weighted by Crippen LogP contribution is 2.16. The first-order valence-corrected chi connectivity index (χ1v) is 8.14. The van der Waals surface area contributed by atoms with E-state index in [2.05, 4.69) is 29.5 Å². The molecule has 22 heavy (non-hydrogen) atoms. The molecular formula is C15H29Cl2N3OS. The number of aromatic nitrogens is 1. The Kier molecular flexibility index (Phi) is 12.2. The summed E-state index contributed by atoms with van der Waals surface area (Å²) in [6.45, 7) is 8.78. The normalized spacial score (nSPS) is 13.0. The van der Waals surface area contributed by atoms with Crippen LogP contribution >= 0.6 is 36.2 Å². The summed E-state index contributed by atoms with van der Waals surface area (Å²) in [5.41, 5.74) is 6.60. The molecule has 0 aliphatic rings. The van der Waals surface area contributed by atoms with E-state index in [0.717, 1.165) is 30.0 Å². The Morgan fingerprint density at radius 1 is 1.45 bits per heavy atom. The summed E-state index contributed by atoms with van der Waals surface area (Å²) in [6.07, 6.45) is 3.13. The first kappa shape index (κ1) is 23.9.